The van der Waals surface area contributed by atoms with E-state index in [9.17, 15) is 22.8 Å². The molecular weight excluding hydrogens is 481 g/mol. The summed E-state index contributed by atoms with van der Waals surface area (Å²) in [4.78, 5) is 29.4. The van der Waals surface area contributed by atoms with Gasteiger partial charge in [0.2, 0.25) is 5.91 Å². The van der Waals surface area contributed by atoms with Crippen molar-refractivity contribution in [2.75, 3.05) is 48.8 Å². The molecule has 2 amide bonds. The van der Waals surface area contributed by atoms with Crippen LogP contribution in [0.15, 0.2) is 36.4 Å². The molecular formula is C24H27F3N4O3S. The number of rotatable bonds is 7. The van der Waals surface area contributed by atoms with E-state index in [1.54, 1.807) is 0 Å². The van der Waals surface area contributed by atoms with Gasteiger partial charge in [-0.15, -0.1) is 11.8 Å². The highest BCUT2D eigenvalue weighted by atomic mass is 32.2. The lowest BCUT2D eigenvalue weighted by atomic mass is 10.0. The van der Waals surface area contributed by atoms with Gasteiger partial charge in [0, 0.05) is 55.3 Å². The second kappa shape index (κ2) is 11.3. The summed E-state index contributed by atoms with van der Waals surface area (Å²) >= 11 is 1.35. The van der Waals surface area contributed by atoms with Crippen molar-refractivity contribution in [2.45, 2.75) is 24.3 Å². The number of nitrogens with one attached hydrogen (secondary N) is 1. The highest BCUT2D eigenvalue weighted by Crippen LogP contribution is 2.27. The Kier molecular flexibility index (Phi) is 8.19. The summed E-state index contributed by atoms with van der Waals surface area (Å²) in [5.74, 6) is -3.46. The molecule has 188 valence electrons. The van der Waals surface area contributed by atoms with Crippen molar-refractivity contribution >= 4 is 35.0 Å². The Bertz CT molecular complexity index is 1070. The maximum atomic E-state index is 13.9. The van der Waals surface area contributed by atoms with Crippen LogP contribution >= 0.6 is 11.8 Å². The van der Waals surface area contributed by atoms with E-state index in [0.29, 0.717) is 37.3 Å². The molecule has 0 radical (unpaired) electrons. The van der Waals surface area contributed by atoms with Crippen molar-refractivity contribution in [3.63, 3.8) is 0 Å². The number of benzene rings is 2. The van der Waals surface area contributed by atoms with Crippen LogP contribution in [-0.4, -0.2) is 66.7 Å². The number of carbonyl (C=O) groups excluding carboxylic acids is 2. The van der Waals surface area contributed by atoms with Crippen LogP contribution in [0.1, 0.15) is 12.0 Å². The van der Waals surface area contributed by atoms with Gasteiger partial charge in [-0.2, -0.15) is 0 Å². The summed E-state index contributed by atoms with van der Waals surface area (Å²) < 4.78 is 45.9. The van der Waals surface area contributed by atoms with Gasteiger partial charge in [-0.3, -0.25) is 9.59 Å². The first-order chi connectivity index (χ1) is 16.8. The SMILES string of the molecule is NC(CC(=O)N1CCSC1C(=O)Nc1ccc(N2CCOCC2)cc1)Cc1cc(F)c(F)cc1F. The molecule has 0 bridgehead atoms. The second-order valence-electron chi connectivity index (χ2n) is 8.47. The minimum atomic E-state index is -1.28. The average molecular weight is 509 g/mol. The average Bonchev–Trinajstić information content (AvgIpc) is 3.34. The van der Waals surface area contributed by atoms with Gasteiger partial charge >= 0.3 is 0 Å². The molecule has 2 unspecified atom stereocenters. The molecule has 2 aromatic rings. The molecule has 2 fully saturated rings. The van der Waals surface area contributed by atoms with E-state index in [0.717, 1.165) is 24.8 Å². The smallest absolute Gasteiger partial charge is 0.257 e. The molecule has 0 aliphatic carbocycles. The van der Waals surface area contributed by atoms with E-state index >= 15 is 0 Å². The van der Waals surface area contributed by atoms with Gasteiger partial charge in [0.1, 0.15) is 5.82 Å². The quantitative estimate of drug-likeness (QED) is 0.560. The molecule has 0 saturated carbocycles. The van der Waals surface area contributed by atoms with Crippen LogP contribution in [0.4, 0.5) is 24.5 Å². The van der Waals surface area contributed by atoms with Crippen molar-refractivity contribution in [2.24, 2.45) is 5.73 Å². The topological polar surface area (TPSA) is 87.9 Å². The first-order valence-corrected chi connectivity index (χ1v) is 12.4. The van der Waals surface area contributed by atoms with Crippen molar-refractivity contribution in [3.05, 3.63) is 59.4 Å². The number of hydrogen-bond donors (Lipinski definition) is 2. The number of amides is 2. The largest absolute Gasteiger partial charge is 0.378 e. The maximum Gasteiger partial charge on any atom is 0.257 e. The molecule has 3 N–H and O–H groups in total. The summed E-state index contributed by atoms with van der Waals surface area (Å²) in [7, 11) is 0. The van der Waals surface area contributed by atoms with Crippen LogP contribution in [0, 0.1) is 17.5 Å². The number of nitrogens with zero attached hydrogens (tertiary/aromatic N) is 2. The Morgan fingerprint density at radius 3 is 2.46 bits per heavy atom. The zero-order valence-corrected chi connectivity index (χ0v) is 19.8. The molecule has 0 spiro atoms. The third-order valence-corrected chi connectivity index (χ3v) is 7.16. The third kappa shape index (κ3) is 6.28. The zero-order chi connectivity index (χ0) is 24.9. The Hall–Kier alpha value is -2.76. The van der Waals surface area contributed by atoms with Gasteiger partial charge in [-0.1, -0.05) is 0 Å². The lowest BCUT2D eigenvalue weighted by Gasteiger charge is -2.29. The number of hydrogen-bond acceptors (Lipinski definition) is 6. The number of thioether (sulfide) groups is 1. The summed E-state index contributed by atoms with van der Waals surface area (Å²) in [6.45, 7) is 3.36. The second-order valence-corrected chi connectivity index (χ2v) is 9.66. The first kappa shape index (κ1) is 25.3. The van der Waals surface area contributed by atoms with E-state index < -0.39 is 28.9 Å². The molecule has 35 heavy (non-hydrogen) atoms. The number of anilines is 2. The van der Waals surface area contributed by atoms with Crippen LogP contribution in [0.5, 0.6) is 0 Å². The van der Waals surface area contributed by atoms with E-state index in [1.165, 1.54) is 16.7 Å². The lowest BCUT2D eigenvalue weighted by Crippen LogP contribution is -2.44. The monoisotopic (exact) mass is 508 g/mol. The number of morpholine rings is 1. The fourth-order valence-corrected chi connectivity index (χ4v) is 5.28. The van der Waals surface area contributed by atoms with Crippen molar-refractivity contribution in [3.8, 4) is 0 Å². The third-order valence-electron chi connectivity index (χ3n) is 5.95. The highest BCUT2D eigenvalue weighted by molar-refractivity contribution is 8.00. The summed E-state index contributed by atoms with van der Waals surface area (Å²) in [6.07, 6.45) is -0.293. The van der Waals surface area contributed by atoms with Crippen molar-refractivity contribution in [1.82, 2.24) is 4.90 Å². The number of halogens is 3. The Labute approximate surface area is 205 Å². The van der Waals surface area contributed by atoms with E-state index in [4.69, 9.17) is 10.5 Å². The van der Waals surface area contributed by atoms with Gasteiger partial charge in [0.15, 0.2) is 17.0 Å². The van der Waals surface area contributed by atoms with Crippen molar-refractivity contribution in [1.29, 1.82) is 0 Å². The number of ether oxygens (including phenoxy) is 1. The minimum absolute atomic E-state index is 0.102. The number of nitrogens with two attached hydrogens (primary N) is 1. The molecule has 2 aliphatic rings. The molecule has 2 heterocycles. The fourth-order valence-electron chi connectivity index (χ4n) is 4.14. The van der Waals surface area contributed by atoms with Crippen LogP contribution in [0.2, 0.25) is 0 Å². The summed E-state index contributed by atoms with van der Waals surface area (Å²) in [6, 6.07) is 7.90. The molecule has 4 rings (SSSR count). The van der Waals surface area contributed by atoms with Crippen LogP contribution in [-0.2, 0) is 20.7 Å². The molecule has 0 aromatic heterocycles. The van der Waals surface area contributed by atoms with Crippen LogP contribution in [0.25, 0.3) is 0 Å². The van der Waals surface area contributed by atoms with Gasteiger partial charge in [-0.25, -0.2) is 13.2 Å². The molecule has 11 heteroatoms. The molecule has 2 atom stereocenters. The highest BCUT2D eigenvalue weighted by Gasteiger charge is 2.35. The summed E-state index contributed by atoms with van der Waals surface area (Å²) in [5, 5.41) is 2.14. The van der Waals surface area contributed by atoms with Gasteiger partial charge < -0.3 is 25.6 Å². The fraction of sp³-hybridized carbons (Fsp3) is 0.417. The van der Waals surface area contributed by atoms with Gasteiger partial charge in [-0.05, 0) is 42.3 Å². The van der Waals surface area contributed by atoms with Crippen molar-refractivity contribution < 1.29 is 27.5 Å². The van der Waals surface area contributed by atoms with E-state index in [1.807, 2.05) is 24.3 Å². The van der Waals surface area contributed by atoms with Gasteiger partial charge in [0.05, 0.1) is 13.2 Å². The normalized spacial score (nSPS) is 19.0. The molecule has 2 saturated heterocycles. The van der Waals surface area contributed by atoms with Gasteiger partial charge in [0.25, 0.3) is 5.91 Å². The van der Waals surface area contributed by atoms with Crippen LogP contribution < -0.4 is 16.0 Å². The van der Waals surface area contributed by atoms with Crippen LogP contribution in [0.3, 0.4) is 0 Å². The molecule has 7 nitrogen and oxygen atoms in total. The molecule has 2 aliphatic heterocycles. The Morgan fingerprint density at radius 2 is 1.74 bits per heavy atom. The zero-order valence-electron chi connectivity index (χ0n) is 19.0. The first-order valence-electron chi connectivity index (χ1n) is 11.4. The summed E-state index contributed by atoms with van der Waals surface area (Å²) in [5.41, 5.74) is 7.57. The predicted octanol–water partition coefficient (Wildman–Crippen LogP) is 2.74. The maximum absolute atomic E-state index is 13.9. The Morgan fingerprint density at radius 1 is 1.06 bits per heavy atom. The standard InChI is InChI=1S/C24H27F3N4O3S/c25-19-14-21(27)20(26)12-15(19)11-16(28)13-22(32)31-7-10-35-24(31)23(33)29-17-1-3-18(4-2-17)30-5-8-34-9-6-30/h1-4,12,14,16,24H,5-11,13,28H2,(H,29,33). The van der Waals surface area contributed by atoms with E-state index in [2.05, 4.69) is 10.2 Å². The lowest BCUT2D eigenvalue weighted by molar-refractivity contribution is -0.135. The minimum Gasteiger partial charge on any atom is -0.378 e. The Balaban J connectivity index is 1.32. The number of carbonyl (C=O) groups is 2. The van der Waals surface area contributed by atoms with E-state index in [-0.39, 0.29) is 30.2 Å². The predicted molar refractivity (Wildman–Crippen MR) is 129 cm³/mol. The molecule has 2 aromatic carbocycles.